The molecule has 1 fully saturated rings. The van der Waals surface area contributed by atoms with Crippen LogP contribution in [0.1, 0.15) is 18.0 Å². The number of pyridine rings is 1. The van der Waals surface area contributed by atoms with Crippen LogP contribution in [0.15, 0.2) is 42.1 Å². The zero-order valence-electron chi connectivity index (χ0n) is 17.2. The Morgan fingerprint density at radius 1 is 1.31 bits per heavy atom. The normalized spacial score (nSPS) is 19.1. The Kier molecular flexibility index (Phi) is 4.82. The molecule has 2 atom stereocenters. The number of alkyl halides is 1. The minimum Gasteiger partial charge on any atom is -0.354 e. The monoisotopic (exact) mass is 453 g/mol. The number of aryl methyl sites for hydroxylation is 1. The van der Waals surface area contributed by atoms with Crippen LogP contribution in [0.25, 0.3) is 22.3 Å². The van der Waals surface area contributed by atoms with E-state index in [1.165, 1.54) is 6.33 Å². The van der Waals surface area contributed by atoms with Crippen molar-refractivity contribution in [1.29, 1.82) is 0 Å². The van der Waals surface area contributed by atoms with Crippen LogP contribution >= 0.6 is 11.8 Å². The van der Waals surface area contributed by atoms with Crippen molar-refractivity contribution in [1.82, 2.24) is 29.7 Å². The van der Waals surface area contributed by atoms with Crippen molar-refractivity contribution in [2.24, 2.45) is 5.92 Å². The van der Waals surface area contributed by atoms with Crippen LogP contribution in [0.5, 0.6) is 0 Å². The molecule has 2 aliphatic rings. The Bertz CT molecular complexity index is 1290. The molecule has 4 aromatic heterocycles. The quantitative estimate of drug-likeness (QED) is 0.492. The zero-order valence-corrected chi connectivity index (χ0v) is 18.0. The fraction of sp³-hybridized carbons (Fsp3) is 0.364. The molecule has 1 saturated heterocycles. The number of hydrogen-bond donors (Lipinski definition) is 1. The van der Waals surface area contributed by atoms with E-state index in [4.69, 9.17) is 0 Å². The predicted octanol–water partition coefficient (Wildman–Crippen LogP) is 4.04. The van der Waals surface area contributed by atoms with E-state index in [2.05, 4.69) is 25.0 Å². The highest BCUT2D eigenvalue weighted by Gasteiger charge is 2.34. The molecule has 0 bridgehead atoms. The molecule has 164 valence electrons. The first-order valence-corrected chi connectivity index (χ1v) is 11.7. The number of halogens is 2. The third-order valence-corrected chi connectivity index (χ3v) is 7.44. The predicted molar refractivity (Wildman–Crippen MR) is 119 cm³/mol. The third-order valence-electron chi connectivity index (χ3n) is 6.40. The van der Waals surface area contributed by atoms with Gasteiger partial charge in [-0.3, -0.25) is 4.68 Å². The molecule has 0 amide bonds. The molecule has 1 N–H and O–H groups in total. The van der Waals surface area contributed by atoms with E-state index in [0.717, 1.165) is 51.5 Å². The van der Waals surface area contributed by atoms with E-state index in [1.54, 1.807) is 28.7 Å². The lowest BCUT2D eigenvalue weighted by Gasteiger charge is -2.23. The molecular formula is C22H21F2N7S. The molecular weight excluding hydrogens is 432 g/mol. The molecule has 0 spiro atoms. The van der Waals surface area contributed by atoms with E-state index in [0.29, 0.717) is 18.9 Å². The number of nitrogens with one attached hydrogen (secondary N) is 1. The van der Waals surface area contributed by atoms with E-state index >= 15 is 0 Å². The Labute approximate surface area is 187 Å². The van der Waals surface area contributed by atoms with Gasteiger partial charge < -0.3 is 9.88 Å². The summed E-state index contributed by atoms with van der Waals surface area (Å²) in [5, 5.41) is 6.27. The minimum atomic E-state index is -0.543. The van der Waals surface area contributed by atoms with Crippen molar-refractivity contribution in [3.05, 3.63) is 48.4 Å². The topological polar surface area (TPSA) is 75.5 Å². The van der Waals surface area contributed by atoms with Gasteiger partial charge in [-0.05, 0) is 30.5 Å². The summed E-state index contributed by atoms with van der Waals surface area (Å²) in [6, 6.07) is 3.10. The molecule has 6 heterocycles. The molecule has 0 saturated carbocycles. The van der Waals surface area contributed by atoms with Crippen molar-refractivity contribution < 1.29 is 8.78 Å². The Morgan fingerprint density at radius 3 is 3.16 bits per heavy atom. The van der Waals surface area contributed by atoms with E-state index < -0.39 is 12.7 Å². The number of aromatic nitrogens is 6. The molecule has 4 aromatic rings. The molecule has 1 unspecified atom stereocenters. The van der Waals surface area contributed by atoms with Crippen LogP contribution in [0.4, 0.5) is 14.6 Å². The summed E-state index contributed by atoms with van der Waals surface area (Å²) < 4.78 is 30.6. The molecule has 0 radical (unpaired) electrons. The maximum Gasteiger partial charge on any atom is 0.166 e. The average Bonchev–Trinajstić information content (AvgIpc) is 3.59. The molecule has 0 aromatic carbocycles. The highest BCUT2D eigenvalue weighted by atomic mass is 32.2. The van der Waals surface area contributed by atoms with Crippen molar-refractivity contribution >= 4 is 28.6 Å². The van der Waals surface area contributed by atoms with Gasteiger partial charge in [0.25, 0.3) is 0 Å². The van der Waals surface area contributed by atoms with Gasteiger partial charge in [0.2, 0.25) is 0 Å². The van der Waals surface area contributed by atoms with Gasteiger partial charge in [-0.1, -0.05) is 0 Å². The van der Waals surface area contributed by atoms with E-state index in [9.17, 15) is 8.78 Å². The van der Waals surface area contributed by atoms with Gasteiger partial charge in [0.15, 0.2) is 11.6 Å². The summed E-state index contributed by atoms with van der Waals surface area (Å²) in [7, 11) is 0. The van der Waals surface area contributed by atoms with Gasteiger partial charge in [0, 0.05) is 48.1 Å². The maximum absolute atomic E-state index is 14.7. The lowest BCUT2D eigenvalue weighted by atomic mass is 10.0. The second-order valence-corrected chi connectivity index (χ2v) is 9.33. The smallest absolute Gasteiger partial charge is 0.166 e. The number of fused-ring (bicyclic) bond motifs is 2. The molecule has 2 aliphatic heterocycles. The Hall–Kier alpha value is -3.01. The number of thioether (sulfide) groups is 1. The van der Waals surface area contributed by atoms with Gasteiger partial charge in [-0.15, -0.1) is 11.8 Å². The molecule has 32 heavy (non-hydrogen) atoms. The second-order valence-electron chi connectivity index (χ2n) is 8.24. The van der Waals surface area contributed by atoms with Crippen molar-refractivity contribution in [2.75, 3.05) is 30.4 Å². The highest BCUT2D eigenvalue weighted by molar-refractivity contribution is 7.99. The second kappa shape index (κ2) is 7.84. The largest absolute Gasteiger partial charge is 0.354 e. The number of anilines is 1. The highest BCUT2D eigenvalue weighted by Crippen LogP contribution is 2.36. The fourth-order valence-corrected chi connectivity index (χ4v) is 5.75. The molecule has 7 nitrogen and oxygen atoms in total. The number of hydrogen-bond acceptors (Lipinski definition) is 6. The number of aromatic amines is 1. The van der Waals surface area contributed by atoms with Crippen LogP contribution in [0.2, 0.25) is 0 Å². The SMILES string of the molecule is FCC([C@H]1CCN(c2nc3c(cc2F)CCS3)C1)n1cc(-c2ncnc3[nH]ccc23)cn1. The summed E-state index contributed by atoms with van der Waals surface area (Å²) in [5.41, 5.74) is 3.31. The van der Waals surface area contributed by atoms with Gasteiger partial charge in [0.1, 0.15) is 23.7 Å². The van der Waals surface area contributed by atoms with Crippen LogP contribution in [-0.4, -0.2) is 55.2 Å². The van der Waals surface area contributed by atoms with Gasteiger partial charge in [-0.25, -0.2) is 23.7 Å². The van der Waals surface area contributed by atoms with E-state index in [-0.39, 0.29) is 11.7 Å². The van der Waals surface area contributed by atoms with Crippen molar-refractivity contribution in [2.45, 2.75) is 23.9 Å². The zero-order chi connectivity index (χ0) is 21.7. The average molecular weight is 454 g/mol. The Morgan fingerprint density at radius 2 is 2.25 bits per heavy atom. The van der Waals surface area contributed by atoms with Crippen LogP contribution in [0, 0.1) is 11.7 Å². The summed E-state index contributed by atoms with van der Waals surface area (Å²) >= 11 is 1.67. The van der Waals surface area contributed by atoms with Crippen molar-refractivity contribution in [3.8, 4) is 11.3 Å². The Balaban J connectivity index is 1.24. The number of H-pyrrole nitrogens is 1. The summed E-state index contributed by atoms with van der Waals surface area (Å²) in [6.07, 6.45) is 8.49. The third kappa shape index (κ3) is 3.24. The number of nitrogens with zero attached hydrogens (tertiary/aromatic N) is 6. The van der Waals surface area contributed by atoms with Crippen LogP contribution in [0.3, 0.4) is 0 Å². The molecule has 10 heteroatoms. The van der Waals surface area contributed by atoms with Gasteiger partial charge in [-0.2, -0.15) is 5.10 Å². The summed E-state index contributed by atoms with van der Waals surface area (Å²) in [6.45, 7) is 0.657. The number of rotatable bonds is 5. The molecule has 6 rings (SSSR count). The first-order valence-electron chi connectivity index (χ1n) is 10.7. The van der Waals surface area contributed by atoms with Crippen LogP contribution < -0.4 is 4.90 Å². The van der Waals surface area contributed by atoms with Gasteiger partial charge in [0.05, 0.1) is 17.9 Å². The lowest BCUT2D eigenvalue weighted by Crippen LogP contribution is -2.27. The first-order chi connectivity index (χ1) is 15.7. The lowest BCUT2D eigenvalue weighted by molar-refractivity contribution is 0.257. The van der Waals surface area contributed by atoms with Crippen LogP contribution in [-0.2, 0) is 6.42 Å². The summed E-state index contributed by atoms with van der Waals surface area (Å²) in [4.78, 5) is 18.2. The molecule has 0 aliphatic carbocycles. The van der Waals surface area contributed by atoms with E-state index in [1.807, 2.05) is 23.4 Å². The van der Waals surface area contributed by atoms with Gasteiger partial charge >= 0.3 is 0 Å². The maximum atomic E-state index is 14.7. The fourth-order valence-electron chi connectivity index (χ4n) is 4.73. The van der Waals surface area contributed by atoms with Crippen molar-refractivity contribution in [3.63, 3.8) is 0 Å². The first kappa shape index (κ1) is 19.7. The summed E-state index contributed by atoms with van der Waals surface area (Å²) in [5.74, 6) is 1.05. The standard InChI is InChI=1S/C22H21F2N7S/c23-8-18(31-11-15(9-28-31)19-16-1-4-25-20(16)27-12-26-19)14-2-5-30(10-14)21-17(24)7-13-3-6-32-22(13)29-21/h1,4,7,9,11-12,14,18H,2-3,5-6,8,10H2,(H,25,26,27)/t14-,18?/m0/s1. The minimum absolute atomic E-state index is 0.00698.